The van der Waals surface area contributed by atoms with E-state index in [1.165, 1.54) is 11.3 Å². The number of amides is 1. The third-order valence-electron chi connectivity index (χ3n) is 3.78. The van der Waals surface area contributed by atoms with Crippen molar-refractivity contribution in [2.24, 2.45) is 0 Å². The number of nitrogens with one attached hydrogen (secondary N) is 1. The fourth-order valence-electron chi connectivity index (χ4n) is 2.45. The van der Waals surface area contributed by atoms with Crippen LogP contribution in [0.2, 0.25) is 0 Å². The Morgan fingerprint density at radius 2 is 2.35 bits per heavy atom. The van der Waals surface area contributed by atoms with Crippen LogP contribution >= 0.6 is 11.3 Å². The molecule has 1 N–H and O–H groups in total. The van der Waals surface area contributed by atoms with Crippen molar-refractivity contribution < 1.29 is 23.5 Å². The molecule has 0 radical (unpaired) electrons. The van der Waals surface area contributed by atoms with Gasteiger partial charge in [-0.3, -0.25) is 9.59 Å². The van der Waals surface area contributed by atoms with E-state index >= 15 is 0 Å². The van der Waals surface area contributed by atoms with Crippen molar-refractivity contribution >= 4 is 23.2 Å². The van der Waals surface area contributed by atoms with Crippen LogP contribution in [0.1, 0.15) is 19.3 Å². The van der Waals surface area contributed by atoms with Gasteiger partial charge in [-0.2, -0.15) is 4.68 Å². The summed E-state index contributed by atoms with van der Waals surface area (Å²) in [6.07, 6.45) is 1.85. The molecule has 26 heavy (non-hydrogen) atoms. The van der Waals surface area contributed by atoms with E-state index in [0.29, 0.717) is 13.2 Å². The van der Waals surface area contributed by atoms with Crippen molar-refractivity contribution in [1.29, 1.82) is 0 Å². The molecular weight excluding hydrogens is 362 g/mol. The lowest BCUT2D eigenvalue weighted by Crippen LogP contribution is -2.35. The van der Waals surface area contributed by atoms with Crippen LogP contribution in [-0.4, -0.2) is 47.5 Å². The molecular formula is C16H19N3O6S. The van der Waals surface area contributed by atoms with Gasteiger partial charge in [0.25, 0.3) is 11.8 Å². The molecule has 1 aliphatic heterocycles. The normalized spacial score (nSPS) is 16.5. The van der Waals surface area contributed by atoms with Crippen LogP contribution in [0.25, 0.3) is 10.8 Å². The maximum Gasteiger partial charge on any atom is 0.437 e. The first-order valence-electron chi connectivity index (χ1n) is 8.27. The number of esters is 1. The van der Waals surface area contributed by atoms with E-state index in [1.54, 1.807) is 6.07 Å². The zero-order chi connectivity index (χ0) is 18.4. The van der Waals surface area contributed by atoms with Gasteiger partial charge in [0.05, 0.1) is 23.9 Å². The molecule has 140 valence electrons. The Kier molecular flexibility index (Phi) is 6.18. The molecule has 3 heterocycles. The van der Waals surface area contributed by atoms with Gasteiger partial charge in [-0.25, -0.2) is 4.79 Å². The first-order chi connectivity index (χ1) is 12.6. The molecule has 0 saturated carbocycles. The molecule has 0 spiro atoms. The lowest BCUT2D eigenvalue weighted by molar-refractivity contribution is -0.148. The summed E-state index contributed by atoms with van der Waals surface area (Å²) >= 11 is 1.39. The van der Waals surface area contributed by atoms with Gasteiger partial charge >= 0.3 is 11.7 Å². The summed E-state index contributed by atoms with van der Waals surface area (Å²) in [5, 5.41) is 8.54. The van der Waals surface area contributed by atoms with Crippen molar-refractivity contribution in [2.45, 2.75) is 31.9 Å². The molecule has 0 aliphatic carbocycles. The largest absolute Gasteiger partial charge is 0.456 e. The molecule has 2 aromatic heterocycles. The predicted octanol–water partition coefficient (Wildman–Crippen LogP) is 0.793. The highest BCUT2D eigenvalue weighted by Gasteiger charge is 2.17. The van der Waals surface area contributed by atoms with Crippen LogP contribution in [0, 0.1) is 0 Å². The van der Waals surface area contributed by atoms with Crippen LogP contribution in [0.5, 0.6) is 0 Å². The van der Waals surface area contributed by atoms with E-state index in [4.69, 9.17) is 13.9 Å². The van der Waals surface area contributed by atoms with Gasteiger partial charge in [-0.05, 0) is 24.3 Å². The molecule has 3 rings (SSSR count). The third kappa shape index (κ3) is 5.02. The number of thiophene rings is 1. The third-order valence-corrected chi connectivity index (χ3v) is 4.64. The molecule has 0 bridgehead atoms. The molecule has 1 atom stereocenters. The van der Waals surface area contributed by atoms with Gasteiger partial charge in [0, 0.05) is 13.2 Å². The summed E-state index contributed by atoms with van der Waals surface area (Å²) in [5.74, 6) is -1.40. The molecule has 10 heteroatoms. The Labute approximate surface area is 152 Å². The van der Waals surface area contributed by atoms with E-state index in [9.17, 15) is 14.4 Å². The second-order valence-electron chi connectivity index (χ2n) is 5.72. The van der Waals surface area contributed by atoms with Crippen LogP contribution < -0.4 is 11.1 Å². The lowest BCUT2D eigenvalue weighted by Gasteiger charge is -2.10. The number of ether oxygens (including phenoxy) is 2. The number of carbonyl (C=O) groups is 2. The van der Waals surface area contributed by atoms with Crippen molar-refractivity contribution in [3.8, 4) is 10.8 Å². The molecule has 1 fully saturated rings. The van der Waals surface area contributed by atoms with Gasteiger partial charge < -0.3 is 19.2 Å². The molecule has 9 nitrogen and oxygen atoms in total. The summed E-state index contributed by atoms with van der Waals surface area (Å²) in [6.45, 7) is 0.783. The van der Waals surface area contributed by atoms with E-state index in [0.717, 1.165) is 22.4 Å². The van der Waals surface area contributed by atoms with Crippen molar-refractivity contribution in [3.63, 3.8) is 0 Å². The second kappa shape index (κ2) is 8.77. The summed E-state index contributed by atoms with van der Waals surface area (Å²) in [6, 6.07) is 3.60. The van der Waals surface area contributed by atoms with Gasteiger partial charge in [0.15, 0.2) is 6.61 Å². The minimum Gasteiger partial charge on any atom is -0.456 e. The van der Waals surface area contributed by atoms with E-state index in [2.05, 4.69) is 10.4 Å². The number of rotatable bonds is 8. The minimum absolute atomic E-state index is 0.0179. The lowest BCUT2D eigenvalue weighted by atomic mass is 10.2. The maximum atomic E-state index is 11.7. The number of hydrogen-bond acceptors (Lipinski definition) is 8. The fourth-order valence-corrected chi connectivity index (χ4v) is 3.09. The Hall–Kier alpha value is -2.46. The molecule has 2 aromatic rings. The Morgan fingerprint density at radius 3 is 3.08 bits per heavy atom. The van der Waals surface area contributed by atoms with Gasteiger partial charge in [-0.15, -0.1) is 16.4 Å². The molecule has 1 amide bonds. The Balaban J connectivity index is 1.38. The zero-order valence-corrected chi connectivity index (χ0v) is 14.8. The summed E-state index contributed by atoms with van der Waals surface area (Å²) in [5.41, 5.74) is 0. The number of aromatic nitrogens is 2. The number of hydrogen-bond donors (Lipinski definition) is 1. The molecule has 1 saturated heterocycles. The quantitative estimate of drug-likeness (QED) is 0.673. The van der Waals surface area contributed by atoms with E-state index < -0.39 is 11.7 Å². The Morgan fingerprint density at radius 1 is 1.46 bits per heavy atom. The number of carbonyl (C=O) groups excluding carboxylic acids is 2. The number of aryl methyl sites for hydroxylation is 1. The first-order valence-corrected chi connectivity index (χ1v) is 9.15. The second-order valence-corrected chi connectivity index (χ2v) is 6.67. The summed E-state index contributed by atoms with van der Waals surface area (Å²) in [4.78, 5) is 35.8. The van der Waals surface area contributed by atoms with Crippen LogP contribution in [-0.2, 0) is 25.6 Å². The average Bonchev–Trinajstić information content (AvgIpc) is 3.37. The Bertz CT molecular complexity index is 791. The highest BCUT2D eigenvalue weighted by atomic mass is 32.1. The highest BCUT2D eigenvalue weighted by molar-refractivity contribution is 7.13. The van der Waals surface area contributed by atoms with Gasteiger partial charge in [-0.1, -0.05) is 6.07 Å². The summed E-state index contributed by atoms with van der Waals surface area (Å²) in [7, 11) is 0. The zero-order valence-electron chi connectivity index (χ0n) is 14.0. The average molecular weight is 381 g/mol. The predicted molar refractivity (Wildman–Crippen MR) is 91.6 cm³/mol. The van der Waals surface area contributed by atoms with Crippen LogP contribution in [0.15, 0.2) is 26.7 Å². The molecule has 0 aromatic carbocycles. The van der Waals surface area contributed by atoms with Crippen LogP contribution in [0.4, 0.5) is 0 Å². The highest BCUT2D eigenvalue weighted by Crippen LogP contribution is 2.21. The monoisotopic (exact) mass is 381 g/mol. The smallest absolute Gasteiger partial charge is 0.437 e. The standard InChI is InChI=1S/C16H19N3O6S/c20-13(17-9-11-3-1-7-23-11)10-24-14(21)5-6-19-16(22)25-15(18-19)12-4-2-8-26-12/h2,4,8,11H,1,3,5-7,9-10H2,(H,17,20). The van der Waals surface area contributed by atoms with Crippen LogP contribution in [0.3, 0.4) is 0 Å². The molecule has 1 unspecified atom stereocenters. The van der Waals surface area contributed by atoms with Gasteiger partial charge in [0.1, 0.15) is 0 Å². The minimum atomic E-state index is -0.643. The molecule has 1 aliphatic rings. The maximum absolute atomic E-state index is 11.7. The van der Waals surface area contributed by atoms with Gasteiger partial charge in [0.2, 0.25) is 0 Å². The van der Waals surface area contributed by atoms with Crippen molar-refractivity contribution in [3.05, 3.63) is 28.1 Å². The SMILES string of the molecule is O=C(COC(=O)CCn1nc(-c2cccs2)oc1=O)NCC1CCCO1. The van der Waals surface area contributed by atoms with Crippen molar-refractivity contribution in [2.75, 3.05) is 19.8 Å². The summed E-state index contributed by atoms with van der Waals surface area (Å²) < 4.78 is 16.4. The first kappa shape index (κ1) is 18.3. The fraction of sp³-hybridized carbons (Fsp3) is 0.500. The topological polar surface area (TPSA) is 113 Å². The number of nitrogens with zero attached hydrogens (tertiary/aromatic N) is 2. The van der Waals surface area contributed by atoms with Crippen molar-refractivity contribution in [1.82, 2.24) is 15.1 Å². The van der Waals surface area contributed by atoms with E-state index in [-0.39, 0.29) is 37.5 Å². The van der Waals surface area contributed by atoms with E-state index in [1.807, 2.05) is 11.4 Å².